The third-order valence-electron chi connectivity index (χ3n) is 3.10. The van der Waals surface area contributed by atoms with Gasteiger partial charge in [-0.2, -0.15) is 0 Å². The Hall–Kier alpha value is -3.04. The van der Waals surface area contributed by atoms with Crippen LogP contribution in [0.5, 0.6) is 0 Å². The first kappa shape index (κ1) is 22.0. The molecule has 27 heavy (non-hydrogen) atoms. The Balaban J connectivity index is 0.000000233. The molecule has 4 aromatic heterocycles. The molecular formula is C22H20N4Ru. The fourth-order valence-corrected chi connectivity index (χ4v) is 1.92. The third kappa shape index (κ3) is 8.75. The smallest absolute Gasteiger partial charge is 0.0958 e. The number of aromatic nitrogens is 4. The van der Waals surface area contributed by atoms with Gasteiger partial charge in [-0.05, 0) is 42.5 Å². The molecule has 136 valence electrons. The van der Waals surface area contributed by atoms with E-state index in [-0.39, 0.29) is 19.5 Å². The van der Waals surface area contributed by atoms with E-state index in [4.69, 9.17) is 0 Å². The summed E-state index contributed by atoms with van der Waals surface area (Å²) < 4.78 is 0. The van der Waals surface area contributed by atoms with Gasteiger partial charge in [-0.1, -0.05) is 36.9 Å². The van der Waals surface area contributed by atoms with Gasteiger partial charge in [-0.3, -0.25) is 19.9 Å². The topological polar surface area (TPSA) is 51.6 Å². The van der Waals surface area contributed by atoms with E-state index in [1.807, 2.05) is 66.7 Å². The summed E-state index contributed by atoms with van der Waals surface area (Å²) in [6, 6.07) is 21.1. The number of nitrogens with zero attached hydrogens (tertiary/aromatic N) is 4. The summed E-state index contributed by atoms with van der Waals surface area (Å²) in [6.45, 7) is 3.75. The largest absolute Gasteiger partial charge is 0.265 e. The fraction of sp³-hybridized carbons (Fsp3) is 0. The molecule has 0 aliphatic heterocycles. The first-order chi connectivity index (χ1) is 12.9. The Labute approximate surface area is 172 Å². The molecule has 0 bridgehead atoms. The van der Waals surface area contributed by atoms with E-state index in [1.54, 1.807) is 43.3 Å². The summed E-state index contributed by atoms with van der Waals surface area (Å²) in [5, 5.41) is 0. The summed E-state index contributed by atoms with van der Waals surface area (Å²) in [6.07, 6.45) is 12.3. The first-order valence-corrected chi connectivity index (χ1v) is 8.10. The molecule has 0 atom stereocenters. The van der Waals surface area contributed by atoms with E-state index in [0.29, 0.717) is 0 Å². The summed E-state index contributed by atoms with van der Waals surface area (Å²) in [7, 11) is 0. The van der Waals surface area contributed by atoms with Gasteiger partial charge in [0.1, 0.15) is 0 Å². The second kappa shape index (κ2) is 14.2. The predicted octanol–water partition coefficient (Wildman–Crippen LogP) is 4.95. The maximum absolute atomic E-state index is 4.29. The van der Waals surface area contributed by atoms with Crippen LogP contribution < -0.4 is 0 Å². The molecule has 4 nitrogen and oxygen atoms in total. The Morgan fingerprint density at radius 3 is 1.56 bits per heavy atom. The van der Waals surface area contributed by atoms with Crippen LogP contribution >= 0.6 is 0 Å². The van der Waals surface area contributed by atoms with Crippen LogP contribution in [-0.2, 0) is 19.5 Å². The minimum absolute atomic E-state index is 0. The average molecular weight is 442 g/mol. The molecule has 0 N–H and O–H groups in total. The van der Waals surface area contributed by atoms with Crippen LogP contribution in [0.25, 0.3) is 17.5 Å². The Morgan fingerprint density at radius 1 is 0.593 bits per heavy atom. The molecular weight excluding hydrogens is 421 g/mol. The van der Waals surface area contributed by atoms with Crippen molar-refractivity contribution in [3.63, 3.8) is 0 Å². The van der Waals surface area contributed by atoms with Gasteiger partial charge >= 0.3 is 0 Å². The van der Waals surface area contributed by atoms with Gasteiger partial charge in [0.05, 0.1) is 11.4 Å². The first-order valence-electron chi connectivity index (χ1n) is 8.10. The molecule has 0 aliphatic carbocycles. The summed E-state index contributed by atoms with van der Waals surface area (Å²) in [5.74, 6) is 0. The van der Waals surface area contributed by atoms with Crippen molar-refractivity contribution < 1.29 is 19.5 Å². The summed E-state index contributed by atoms with van der Waals surface area (Å²) in [5.41, 5.74) is 2.76. The monoisotopic (exact) mass is 442 g/mol. The van der Waals surface area contributed by atoms with Crippen molar-refractivity contribution in [2.24, 2.45) is 0 Å². The van der Waals surface area contributed by atoms with Gasteiger partial charge in [-0.15, -0.1) is 0 Å². The van der Waals surface area contributed by atoms with Crippen molar-refractivity contribution in [3.05, 3.63) is 116 Å². The summed E-state index contributed by atoms with van der Waals surface area (Å²) in [4.78, 5) is 16.1. The molecule has 0 saturated carbocycles. The Morgan fingerprint density at radius 2 is 1.15 bits per heavy atom. The molecule has 5 heteroatoms. The van der Waals surface area contributed by atoms with Crippen LogP contribution in [-0.4, -0.2) is 19.9 Å². The van der Waals surface area contributed by atoms with Gasteiger partial charge in [-0.25, -0.2) is 0 Å². The molecule has 0 aliphatic rings. The van der Waals surface area contributed by atoms with Crippen LogP contribution in [0.2, 0.25) is 0 Å². The van der Waals surface area contributed by atoms with Gasteiger partial charge in [0.2, 0.25) is 0 Å². The summed E-state index contributed by atoms with van der Waals surface area (Å²) >= 11 is 0. The Kier molecular flexibility index (Phi) is 11.5. The average Bonchev–Trinajstić information content (AvgIpc) is 2.77. The van der Waals surface area contributed by atoms with Crippen molar-refractivity contribution in [2.45, 2.75) is 0 Å². The molecule has 4 aromatic rings. The van der Waals surface area contributed by atoms with Gasteiger partial charge < -0.3 is 0 Å². The van der Waals surface area contributed by atoms with Crippen LogP contribution in [0.3, 0.4) is 0 Å². The maximum Gasteiger partial charge on any atom is 0.0958 e. The van der Waals surface area contributed by atoms with E-state index in [1.165, 1.54) is 0 Å². The van der Waals surface area contributed by atoms with Gasteiger partial charge in [0.25, 0.3) is 0 Å². The minimum atomic E-state index is 0. The third-order valence-corrected chi connectivity index (χ3v) is 3.10. The minimum Gasteiger partial charge on any atom is -0.265 e. The maximum atomic E-state index is 4.29. The van der Waals surface area contributed by atoms with Crippen LogP contribution in [0, 0.1) is 0 Å². The van der Waals surface area contributed by atoms with Crippen LogP contribution in [0.4, 0.5) is 0 Å². The van der Waals surface area contributed by atoms with E-state index < -0.39 is 0 Å². The van der Waals surface area contributed by atoms with Crippen LogP contribution in [0.1, 0.15) is 5.56 Å². The fourth-order valence-electron chi connectivity index (χ4n) is 1.92. The molecule has 0 amide bonds. The quantitative estimate of drug-likeness (QED) is 0.413. The molecule has 0 unspecified atom stereocenters. The van der Waals surface area contributed by atoms with Crippen molar-refractivity contribution in [1.82, 2.24) is 19.9 Å². The molecule has 4 heterocycles. The van der Waals surface area contributed by atoms with E-state index in [9.17, 15) is 0 Å². The molecule has 0 radical (unpaired) electrons. The Bertz CT molecular complexity index is 772. The zero-order valence-corrected chi connectivity index (χ0v) is 16.5. The van der Waals surface area contributed by atoms with E-state index in [2.05, 4.69) is 26.5 Å². The second-order valence-corrected chi connectivity index (χ2v) is 4.91. The number of rotatable bonds is 2. The number of hydrogen-bond acceptors (Lipinski definition) is 4. The van der Waals surface area contributed by atoms with Crippen molar-refractivity contribution in [3.8, 4) is 11.4 Å². The second-order valence-electron chi connectivity index (χ2n) is 4.91. The van der Waals surface area contributed by atoms with Crippen LogP contribution in [0.15, 0.2) is 110 Å². The molecule has 0 spiro atoms. The predicted molar refractivity (Wildman–Crippen MR) is 106 cm³/mol. The van der Waals surface area contributed by atoms with Crippen molar-refractivity contribution in [1.29, 1.82) is 0 Å². The molecule has 0 saturated heterocycles. The zero-order chi connectivity index (χ0) is 18.3. The zero-order valence-electron chi connectivity index (χ0n) is 14.7. The van der Waals surface area contributed by atoms with Crippen molar-refractivity contribution >= 4 is 6.08 Å². The molecule has 0 aromatic carbocycles. The van der Waals surface area contributed by atoms with E-state index >= 15 is 0 Å². The standard InChI is InChI=1S/C12H10N2.2C5H5N.Ru/c1-2-10-6-5-9-14-12(10)11-7-3-4-8-13-11;2*1-2-4-6-5-3-1;/h2-9H,1H2;2*1-5H;. The van der Waals surface area contributed by atoms with Gasteiger partial charge in [0.15, 0.2) is 0 Å². The van der Waals surface area contributed by atoms with E-state index in [0.717, 1.165) is 17.0 Å². The molecule has 0 fully saturated rings. The molecule has 4 rings (SSSR count). The normalized spacial score (nSPS) is 8.59. The number of pyridine rings is 4. The SMILES string of the molecule is C=Cc1cccnc1-c1ccccn1.[Ru].c1ccncc1.c1ccncc1. The van der Waals surface area contributed by atoms with Gasteiger partial charge in [0, 0.05) is 62.2 Å². The van der Waals surface area contributed by atoms with Crippen molar-refractivity contribution in [2.75, 3.05) is 0 Å². The number of hydrogen-bond donors (Lipinski definition) is 0.